The fourth-order valence-corrected chi connectivity index (χ4v) is 3.24. The molecule has 2 rings (SSSR count). The predicted molar refractivity (Wildman–Crippen MR) is 66.4 cm³/mol. The lowest BCUT2D eigenvalue weighted by molar-refractivity contribution is -0.0358. The average molecular weight is 226 g/mol. The van der Waals surface area contributed by atoms with E-state index in [-0.39, 0.29) is 0 Å². The molecular formula is C13H26N2O. The minimum absolute atomic E-state index is 0.396. The Morgan fingerprint density at radius 2 is 2.06 bits per heavy atom. The summed E-state index contributed by atoms with van der Waals surface area (Å²) in [6.07, 6.45) is 7.20. The molecule has 0 spiro atoms. The summed E-state index contributed by atoms with van der Waals surface area (Å²) in [5, 5.41) is 0. The maximum atomic E-state index is 6.03. The molecule has 1 saturated carbocycles. The molecular weight excluding hydrogens is 200 g/mol. The summed E-state index contributed by atoms with van der Waals surface area (Å²) in [6.45, 7) is 7.29. The van der Waals surface area contributed by atoms with E-state index in [1.54, 1.807) is 0 Å². The van der Waals surface area contributed by atoms with Gasteiger partial charge in [-0.25, -0.2) is 0 Å². The van der Waals surface area contributed by atoms with E-state index in [1.807, 2.05) is 0 Å². The number of ether oxygens (including phenoxy) is 1. The first-order valence-electron chi connectivity index (χ1n) is 6.78. The van der Waals surface area contributed by atoms with Crippen LogP contribution in [0, 0.1) is 5.41 Å². The van der Waals surface area contributed by atoms with Crippen molar-refractivity contribution in [2.24, 2.45) is 11.1 Å². The van der Waals surface area contributed by atoms with Crippen LogP contribution in [0.4, 0.5) is 0 Å². The van der Waals surface area contributed by atoms with Gasteiger partial charge >= 0.3 is 0 Å². The molecule has 2 N–H and O–H groups in total. The molecule has 0 aromatic rings. The fourth-order valence-electron chi connectivity index (χ4n) is 3.24. The minimum atomic E-state index is 0.396. The van der Waals surface area contributed by atoms with Crippen molar-refractivity contribution in [2.45, 2.75) is 45.1 Å². The van der Waals surface area contributed by atoms with Gasteiger partial charge in [-0.15, -0.1) is 0 Å². The summed E-state index contributed by atoms with van der Waals surface area (Å²) >= 11 is 0. The lowest BCUT2D eigenvalue weighted by atomic mass is 9.73. The van der Waals surface area contributed by atoms with E-state index < -0.39 is 0 Å². The molecule has 0 radical (unpaired) electrons. The first-order valence-corrected chi connectivity index (χ1v) is 6.78. The van der Waals surface area contributed by atoms with Crippen molar-refractivity contribution < 1.29 is 4.74 Å². The molecule has 1 heterocycles. The van der Waals surface area contributed by atoms with Gasteiger partial charge in [0.1, 0.15) is 0 Å². The summed E-state index contributed by atoms with van der Waals surface area (Å²) in [5.41, 5.74) is 6.44. The zero-order chi connectivity index (χ0) is 11.4. The van der Waals surface area contributed by atoms with Crippen molar-refractivity contribution in [3.63, 3.8) is 0 Å². The van der Waals surface area contributed by atoms with Crippen LogP contribution in [0.15, 0.2) is 0 Å². The van der Waals surface area contributed by atoms with E-state index in [2.05, 4.69) is 11.8 Å². The van der Waals surface area contributed by atoms with Gasteiger partial charge in [-0.05, 0) is 31.7 Å². The van der Waals surface area contributed by atoms with Crippen LogP contribution in [0.1, 0.15) is 39.0 Å². The van der Waals surface area contributed by atoms with Crippen LogP contribution < -0.4 is 5.73 Å². The van der Waals surface area contributed by atoms with Crippen LogP contribution in [-0.2, 0) is 4.74 Å². The largest absolute Gasteiger partial charge is 0.376 e. The Kier molecular flexibility index (Phi) is 4.22. The number of nitrogens with two attached hydrogens (primary N) is 1. The van der Waals surface area contributed by atoms with E-state index in [0.29, 0.717) is 11.5 Å². The van der Waals surface area contributed by atoms with Gasteiger partial charge in [0.2, 0.25) is 0 Å². The lowest BCUT2D eigenvalue weighted by Crippen LogP contribution is -2.49. The van der Waals surface area contributed by atoms with Crippen LogP contribution in [0.25, 0.3) is 0 Å². The molecule has 0 amide bonds. The molecule has 1 aliphatic carbocycles. The summed E-state index contributed by atoms with van der Waals surface area (Å²) < 4.78 is 5.59. The molecule has 16 heavy (non-hydrogen) atoms. The zero-order valence-electron chi connectivity index (χ0n) is 10.6. The first kappa shape index (κ1) is 12.3. The van der Waals surface area contributed by atoms with E-state index in [4.69, 9.17) is 10.5 Å². The normalized spacial score (nSPS) is 31.5. The number of hydrogen-bond donors (Lipinski definition) is 1. The molecule has 2 aliphatic rings. The van der Waals surface area contributed by atoms with Crippen molar-refractivity contribution in [3.8, 4) is 0 Å². The molecule has 0 bridgehead atoms. The zero-order valence-corrected chi connectivity index (χ0v) is 10.6. The third-order valence-corrected chi connectivity index (χ3v) is 4.23. The Morgan fingerprint density at radius 1 is 1.31 bits per heavy atom. The van der Waals surface area contributed by atoms with Crippen molar-refractivity contribution in [1.82, 2.24) is 4.90 Å². The molecule has 2 fully saturated rings. The SMILES string of the molecule is CC1CN(CC2(CN)CCCCC2)CCO1. The number of rotatable bonds is 3. The van der Waals surface area contributed by atoms with Gasteiger partial charge in [0, 0.05) is 19.6 Å². The van der Waals surface area contributed by atoms with E-state index in [9.17, 15) is 0 Å². The molecule has 0 aromatic heterocycles. The second-order valence-corrected chi connectivity index (χ2v) is 5.68. The van der Waals surface area contributed by atoms with Crippen molar-refractivity contribution >= 4 is 0 Å². The molecule has 3 heteroatoms. The highest BCUT2D eigenvalue weighted by Crippen LogP contribution is 2.36. The molecule has 1 atom stereocenters. The second kappa shape index (κ2) is 5.48. The Labute approximate surface area is 99.3 Å². The van der Waals surface area contributed by atoms with Crippen LogP contribution >= 0.6 is 0 Å². The molecule has 94 valence electrons. The van der Waals surface area contributed by atoms with Crippen LogP contribution in [-0.4, -0.2) is 43.8 Å². The van der Waals surface area contributed by atoms with E-state index in [0.717, 1.165) is 26.2 Å². The van der Waals surface area contributed by atoms with Crippen LogP contribution in [0.3, 0.4) is 0 Å². The standard InChI is InChI=1S/C13H26N2O/c1-12-9-15(7-8-16-12)11-13(10-14)5-3-2-4-6-13/h12H,2-11,14H2,1H3. The van der Waals surface area contributed by atoms with Crippen molar-refractivity contribution in [1.29, 1.82) is 0 Å². The van der Waals surface area contributed by atoms with Gasteiger partial charge in [0.25, 0.3) is 0 Å². The first-order chi connectivity index (χ1) is 7.74. The van der Waals surface area contributed by atoms with Gasteiger partial charge in [-0.2, -0.15) is 0 Å². The maximum Gasteiger partial charge on any atom is 0.0674 e. The monoisotopic (exact) mass is 226 g/mol. The Balaban J connectivity index is 1.89. The van der Waals surface area contributed by atoms with Crippen molar-refractivity contribution in [3.05, 3.63) is 0 Å². The average Bonchev–Trinajstić information content (AvgIpc) is 2.30. The lowest BCUT2D eigenvalue weighted by Gasteiger charge is -2.42. The quantitative estimate of drug-likeness (QED) is 0.794. The van der Waals surface area contributed by atoms with Gasteiger partial charge in [-0.1, -0.05) is 19.3 Å². The highest BCUT2D eigenvalue weighted by Gasteiger charge is 2.33. The van der Waals surface area contributed by atoms with Gasteiger partial charge in [0.05, 0.1) is 12.7 Å². The van der Waals surface area contributed by atoms with Gasteiger partial charge < -0.3 is 10.5 Å². The minimum Gasteiger partial charge on any atom is -0.376 e. The summed E-state index contributed by atoms with van der Waals surface area (Å²) in [4.78, 5) is 2.56. The second-order valence-electron chi connectivity index (χ2n) is 5.68. The van der Waals surface area contributed by atoms with E-state index >= 15 is 0 Å². The van der Waals surface area contributed by atoms with Crippen molar-refractivity contribution in [2.75, 3.05) is 32.8 Å². The Hall–Kier alpha value is -0.120. The number of nitrogens with zero attached hydrogens (tertiary/aromatic N) is 1. The smallest absolute Gasteiger partial charge is 0.0674 e. The molecule has 1 saturated heterocycles. The number of hydrogen-bond acceptors (Lipinski definition) is 3. The van der Waals surface area contributed by atoms with Crippen LogP contribution in [0.5, 0.6) is 0 Å². The van der Waals surface area contributed by atoms with Crippen LogP contribution in [0.2, 0.25) is 0 Å². The van der Waals surface area contributed by atoms with Gasteiger partial charge in [-0.3, -0.25) is 4.90 Å². The third kappa shape index (κ3) is 2.96. The fraction of sp³-hybridized carbons (Fsp3) is 1.00. The summed E-state index contributed by atoms with van der Waals surface area (Å²) in [7, 11) is 0. The third-order valence-electron chi connectivity index (χ3n) is 4.23. The molecule has 0 aromatic carbocycles. The molecule has 1 unspecified atom stereocenters. The van der Waals surface area contributed by atoms with E-state index in [1.165, 1.54) is 38.6 Å². The molecule has 1 aliphatic heterocycles. The summed E-state index contributed by atoms with van der Waals surface area (Å²) in [5.74, 6) is 0. The Bertz CT molecular complexity index is 214. The maximum absolute atomic E-state index is 6.03. The highest BCUT2D eigenvalue weighted by atomic mass is 16.5. The number of morpholine rings is 1. The topological polar surface area (TPSA) is 38.5 Å². The Morgan fingerprint density at radius 3 is 2.69 bits per heavy atom. The predicted octanol–water partition coefficient (Wildman–Crippen LogP) is 1.62. The molecule has 3 nitrogen and oxygen atoms in total. The summed E-state index contributed by atoms with van der Waals surface area (Å²) in [6, 6.07) is 0. The highest BCUT2D eigenvalue weighted by molar-refractivity contribution is 4.87. The van der Waals surface area contributed by atoms with Gasteiger partial charge in [0.15, 0.2) is 0 Å².